The number of hydrogen-bond acceptors (Lipinski definition) is 5. The van der Waals surface area contributed by atoms with Crippen molar-refractivity contribution < 1.29 is 4.79 Å². The molecule has 0 spiro atoms. The van der Waals surface area contributed by atoms with E-state index in [1.165, 1.54) is 22.9 Å². The molecule has 0 atom stereocenters. The minimum atomic E-state index is -0.122. The molecule has 0 unspecified atom stereocenters. The average Bonchev–Trinajstić information content (AvgIpc) is 3.39. The molecule has 0 aliphatic rings. The summed E-state index contributed by atoms with van der Waals surface area (Å²) >= 11 is 1.29. The van der Waals surface area contributed by atoms with Crippen molar-refractivity contribution in [2.75, 3.05) is 11.1 Å². The number of H-pyrrole nitrogens is 1. The van der Waals surface area contributed by atoms with Gasteiger partial charge in [0.05, 0.1) is 28.5 Å². The quantitative estimate of drug-likeness (QED) is 0.395. The molecule has 4 aromatic rings. The number of nitrogens with one attached hydrogen (secondary N) is 2. The SMILES string of the molecule is CCc1ccc(-c2nc(SCC(=O)Nc3c(C)nn(-c4ccc(C)cc4)c3C)n[nH]2)cc1. The van der Waals surface area contributed by atoms with Crippen LogP contribution in [0, 0.1) is 20.8 Å². The number of aryl methyl sites for hydroxylation is 3. The van der Waals surface area contributed by atoms with E-state index >= 15 is 0 Å². The minimum Gasteiger partial charge on any atom is -0.322 e. The fourth-order valence-electron chi connectivity index (χ4n) is 3.40. The molecular formula is C24H26N6OS. The molecule has 0 aliphatic heterocycles. The normalized spacial score (nSPS) is 11.0. The molecule has 164 valence electrons. The minimum absolute atomic E-state index is 0.122. The smallest absolute Gasteiger partial charge is 0.234 e. The van der Waals surface area contributed by atoms with Crippen molar-refractivity contribution in [2.24, 2.45) is 0 Å². The highest BCUT2D eigenvalue weighted by Gasteiger charge is 2.16. The Morgan fingerprint density at radius 2 is 1.78 bits per heavy atom. The number of benzene rings is 2. The highest BCUT2D eigenvalue weighted by Crippen LogP contribution is 2.24. The van der Waals surface area contributed by atoms with Crippen molar-refractivity contribution >= 4 is 23.4 Å². The van der Waals surface area contributed by atoms with Gasteiger partial charge in [-0.15, -0.1) is 5.10 Å². The molecule has 0 saturated carbocycles. The Labute approximate surface area is 191 Å². The molecule has 2 N–H and O–H groups in total. The van der Waals surface area contributed by atoms with Crippen molar-refractivity contribution in [2.45, 2.75) is 39.3 Å². The number of aromatic nitrogens is 5. The Morgan fingerprint density at radius 1 is 1.06 bits per heavy atom. The topological polar surface area (TPSA) is 88.5 Å². The van der Waals surface area contributed by atoms with Crippen LogP contribution < -0.4 is 5.32 Å². The van der Waals surface area contributed by atoms with E-state index in [0.29, 0.717) is 11.0 Å². The first kappa shape index (κ1) is 21.8. The van der Waals surface area contributed by atoms with E-state index < -0.39 is 0 Å². The van der Waals surface area contributed by atoms with Crippen LogP contribution in [0.25, 0.3) is 17.1 Å². The lowest BCUT2D eigenvalue weighted by atomic mass is 10.1. The van der Waals surface area contributed by atoms with Gasteiger partial charge in [-0.25, -0.2) is 9.67 Å². The maximum atomic E-state index is 12.6. The van der Waals surface area contributed by atoms with E-state index in [1.54, 1.807) is 0 Å². The molecule has 0 saturated heterocycles. The number of carbonyl (C=O) groups is 1. The third-order valence-electron chi connectivity index (χ3n) is 5.27. The lowest BCUT2D eigenvalue weighted by Gasteiger charge is -2.07. The van der Waals surface area contributed by atoms with Gasteiger partial charge >= 0.3 is 0 Å². The first-order valence-corrected chi connectivity index (χ1v) is 11.5. The van der Waals surface area contributed by atoms with E-state index in [4.69, 9.17) is 0 Å². The Bertz CT molecular complexity index is 1220. The van der Waals surface area contributed by atoms with Crippen LogP contribution in [0.15, 0.2) is 53.7 Å². The first-order valence-electron chi connectivity index (χ1n) is 10.5. The zero-order valence-corrected chi connectivity index (χ0v) is 19.5. The zero-order chi connectivity index (χ0) is 22.7. The zero-order valence-electron chi connectivity index (χ0n) is 18.6. The molecule has 2 aromatic heterocycles. The second-order valence-corrected chi connectivity index (χ2v) is 8.59. The van der Waals surface area contributed by atoms with E-state index in [0.717, 1.165) is 34.7 Å². The molecule has 2 aromatic carbocycles. The summed E-state index contributed by atoms with van der Waals surface area (Å²) in [5, 5.41) is 15.3. The van der Waals surface area contributed by atoms with Crippen LogP contribution in [0.5, 0.6) is 0 Å². The van der Waals surface area contributed by atoms with Crippen molar-refractivity contribution in [1.29, 1.82) is 0 Å². The standard InChI is InChI=1S/C24H26N6OS/c1-5-18-8-10-19(11-9-18)23-26-24(28-27-23)32-14-21(31)25-22-16(3)29-30(17(22)4)20-12-6-15(2)7-13-20/h6-13H,5,14H2,1-4H3,(H,25,31)(H,26,27,28). The van der Waals surface area contributed by atoms with Crippen LogP contribution in [0.1, 0.15) is 29.4 Å². The van der Waals surface area contributed by atoms with Gasteiger partial charge in [-0.1, -0.05) is 60.6 Å². The number of nitrogens with zero attached hydrogens (tertiary/aromatic N) is 4. The van der Waals surface area contributed by atoms with E-state index in [9.17, 15) is 4.79 Å². The van der Waals surface area contributed by atoms with Gasteiger partial charge in [-0.2, -0.15) is 5.10 Å². The monoisotopic (exact) mass is 446 g/mol. The number of amides is 1. The second kappa shape index (κ2) is 9.40. The van der Waals surface area contributed by atoms with Gasteiger partial charge in [0, 0.05) is 5.56 Å². The van der Waals surface area contributed by atoms with Gasteiger partial charge in [-0.3, -0.25) is 9.89 Å². The lowest BCUT2D eigenvalue weighted by Crippen LogP contribution is -2.15. The first-order chi connectivity index (χ1) is 15.4. The second-order valence-electron chi connectivity index (χ2n) is 7.65. The van der Waals surface area contributed by atoms with Crippen LogP contribution in [-0.2, 0) is 11.2 Å². The number of aromatic amines is 1. The van der Waals surface area contributed by atoms with E-state index in [1.807, 2.05) is 61.9 Å². The number of hydrogen-bond donors (Lipinski definition) is 2. The van der Waals surface area contributed by atoms with Crippen LogP contribution >= 0.6 is 11.8 Å². The summed E-state index contributed by atoms with van der Waals surface area (Å²) in [6, 6.07) is 16.3. The number of carbonyl (C=O) groups excluding carboxylic acids is 1. The Balaban J connectivity index is 1.39. The molecular weight excluding hydrogens is 420 g/mol. The third kappa shape index (κ3) is 4.75. The molecule has 0 bridgehead atoms. The third-order valence-corrected chi connectivity index (χ3v) is 6.11. The molecule has 4 rings (SSSR count). The number of anilines is 1. The van der Waals surface area contributed by atoms with Crippen molar-refractivity contribution in [3.63, 3.8) is 0 Å². The summed E-state index contributed by atoms with van der Waals surface area (Å²) in [7, 11) is 0. The molecule has 0 aliphatic carbocycles. The van der Waals surface area contributed by atoms with Crippen LogP contribution in [0.2, 0.25) is 0 Å². The van der Waals surface area contributed by atoms with Crippen LogP contribution in [0.4, 0.5) is 5.69 Å². The van der Waals surface area contributed by atoms with Gasteiger partial charge in [-0.05, 0) is 44.9 Å². The van der Waals surface area contributed by atoms with Gasteiger partial charge in [0.1, 0.15) is 0 Å². The average molecular weight is 447 g/mol. The molecule has 1 amide bonds. The molecule has 0 fully saturated rings. The molecule has 32 heavy (non-hydrogen) atoms. The van der Waals surface area contributed by atoms with Crippen molar-refractivity contribution in [3.8, 4) is 17.1 Å². The fourth-order valence-corrected chi connectivity index (χ4v) is 4.00. The summed E-state index contributed by atoms with van der Waals surface area (Å²) in [4.78, 5) is 17.1. The highest BCUT2D eigenvalue weighted by atomic mass is 32.2. The number of thioether (sulfide) groups is 1. The van der Waals surface area contributed by atoms with E-state index in [-0.39, 0.29) is 11.7 Å². The van der Waals surface area contributed by atoms with Crippen LogP contribution in [0.3, 0.4) is 0 Å². The highest BCUT2D eigenvalue weighted by molar-refractivity contribution is 7.99. The predicted octanol–water partition coefficient (Wildman–Crippen LogP) is 4.88. The molecule has 0 radical (unpaired) electrons. The van der Waals surface area contributed by atoms with Gasteiger partial charge in [0.25, 0.3) is 0 Å². The maximum absolute atomic E-state index is 12.6. The summed E-state index contributed by atoms with van der Waals surface area (Å²) in [5.74, 6) is 0.783. The summed E-state index contributed by atoms with van der Waals surface area (Å²) < 4.78 is 1.85. The predicted molar refractivity (Wildman–Crippen MR) is 128 cm³/mol. The van der Waals surface area contributed by atoms with E-state index in [2.05, 4.69) is 44.7 Å². The van der Waals surface area contributed by atoms with Crippen molar-refractivity contribution in [3.05, 3.63) is 71.0 Å². The largest absolute Gasteiger partial charge is 0.322 e. The molecule has 7 nitrogen and oxygen atoms in total. The Morgan fingerprint density at radius 3 is 2.47 bits per heavy atom. The fraction of sp³-hybridized carbons (Fsp3) is 0.250. The van der Waals surface area contributed by atoms with Crippen molar-refractivity contribution in [1.82, 2.24) is 25.0 Å². The number of rotatable bonds is 7. The maximum Gasteiger partial charge on any atom is 0.234 e. The van der Waals surface area contributed by atoms with Crippen LogP contribution in [-0.4, -0.2) is 36.6 Å². The summed E-state index contributed by atoms with van der Waals surface area (Å²) in [5.41, 5.74) is 6.80. The Kier molecular flexibility index (Phi) is 6.41. The Hall–Kier alpha value is -3.39. The van der Waals surface area contributed by atoms with Gasteiger partial charge in [0.2, 0.25) is 11.1 Å². The van der Waals surface area contributed by atoms with Gasteiger partial charge in [0.15, 0.2) is 5.82 Å². The summed E-state index contributed by atoms with van der Waals surface area (Å²) in [6.45, 7) is 8.02. The lowest BCUT2D eigenvalue weighted by molar-refractivity contribution is -0.113. The van der Waals surface area contributed by atoms with Gasteiger partial charge < -0.3 is 5.32 Å². The molecule has 8 heteroatoms. The summed E-state index contributed by atoms with van der Waals surface area (Å²) in [6.07, 6.45) is 0.996. The molecule has 2 heterocycles.